The predicted molar refractivity (Wildman–Crippen MR) is 64.7 cm³/mol. The van der Waals surface area contributed by atoms with Crippen molar-refractivity contribution in [1.29, 1.82) is 0 Å². The van der Waals surface area contributed by atoms with Gasteiger partial charge in [0.25, 0.3) is 0 Å². The lowest BCUT2D eigenvalue weighted by molar-refractivity contribution is -0.142. The first-order valence-corrected chi connectivity index (χ1v) is 6.44. The lowest BCUT2D eigenvalue weighted by Gasteiger charge is -2.27. The fourth-order valence-corrected chi connectivity index (χ4v) is 2.45. The molecule has 1 fully saturated rings. The summed E-state index contributed by atoms with van der Waals surface area (Å²) in [7, 11) is 0. The molecule has 1 aliphatic heterocycles. The highest BCUT2D eigenvalue weighted by Gasteiger charge is 2.37. The average molecular weight is 267 g/mol. The van der Waals surface area contributed by atoms with Crippen LogP contribution in [-0.2, 0) is 22.6 Å². The van der Waals surface area contributed by atoms with Gasteiger partial charge >= 0.3 is 6.03 Å². The van der Waals surface area contributed by atoms with Gasteiger partial charge in [-0.05, 0) is 13.3 Å². The van der Waals surface area contributed by atoms with Crippen LogP contribution in [-0.4, -0.2) is 27.7 Å². The molecule has 0 aliphatic carbocycles. The van der Waals surface area contributed by atoms with Gasteiger partial charge in [-0.15, -0.1) is 11.3 Å². The molecule has 7 heteroatoms. The Bertz CT molecular complexity index is 511. The van der Waals surface area contributed by atoms with Gasteiger partial charge in [-0.1, -0.05) is 6.92 Å². The van der Waals surface area contributed by atoms with Gasteiger partial charge in [0.1, 0.15) is 10.9 Å². The number of nitrogens with one attached hydrogen (secondary N) is 1. The molecule has 1 aromatic rings. The number of barbiturate groups is 1. The minimum Gasteiger partial charge on any atom is -0.277 e. The van der Waals surface area contributed by atoms with Crippen LogP contribution >= 0.6 is 11.3 Å². The molecule has 18 heavy (non-hydrogen) atoms. The second kappa shape index (κ2) is 4.85. The van der Waals surface area contributed by atoms with Gasteiger partial charge in [0, 0.05) is 11.1 Å². The van der Waals surface area contributed by atoms with Crippen LogP contribution in [0.5, 0.6) is 0 Å². The van der Waals surface area contributed by atoms with E-state index in [1.807, 2.05) is 6.92 Å². The number of amides is 4. The molecule has 96 valence electrons. The van der Waals surface area contributed by atoms with E-state index >= 15 is 0 Å². The summed E-state index contributed by atoms with van der Waals surface area (Å²) in [5.41, 5.74) is 0. The van der Waals surface area contributed by atoms with E-state index in [1.165, 1.54) is 18.3 Å². The van der Waals surface area contributed by atoms with E-state index in [9.17, 15) is 14.4 Å². The van der Waals surface area contributed by atoms with Crippen molar-refractivity contribution in [2.24, 2.45) is 5.92 Å². The number of carbonyl (C=O) groups excluding carboxylic acids is 3. The van der Waals surface area contributed by atoms with Gasteiger partial charge in [0.05, 0.1) is 6.54 Å². The number of hydrogen-bond donors (Lipinski definition) is 1. The van der Waals surface area contributed by atoms with Crippen molar-refractivity contribution in [2.75, 3.05) is 0 Å². The number of imide groups is 2. The molecule has 2 heterocycles. The number of aromatic nitrogens is 1. The predicted octanol–water partition coefficient (Wildman–Crippen LogP) is 0.920. The molecule has 4 amide bonds. The summed E-state index contributed by atoms with van der Waals surface area (Å²) in [5, 5.41) is 2.85. The molecule has 1 atom stereocenters. The fraction of sp³-hybridized carbons (Fsp3) is 0.455. The van der Waals surface area contributed by atoms with Crippen molar-refractivity contribution in [2.45, 2.75) is 26.8 Å². The Morgan fingerprint density at radius 3 is 2.78 bits per heavy atom. The Hall–Kier alpha value is -1.76. The largest absolute Gasteiger partial charge is 0.331 e. The van der Waals surface area contributed by atoms with Crippen molar-refractivity contribution in [3.8, 4) is 0 Å². The molecule has 1 aliphatic rings. The summed E-state index contributed by atoms with van der Waals surface area (Å²) >= 11 is 1.46. The van der Waals surface area contributed by atoms with Crippen molar-refractivity contribution in [1.82, 2.24) is 15.2 Å². The van der Waals surface area contributed by atoms with Crippen molar-refractivity contribution in [3.05, 3.63) is 16.1 Å². The molecule has 2 rings (SSSR count). The van der Waals surface area contributed by atoms with Gasteiger partial charge in [-0.3, -0.25) is 19.8 Å². The molecule has 1 aromatic heterocycles. The SMILES string of the molecule is CCc1cnc(CN2C(=O)NC(=O)C(C)C2=O)s1. The second-order valence-electron chi connectivity index (χ2n) is 4.01. The Morgan fingerprint density at radius 1 is 1.44 bits per heavy atom. The second-order valence-corrected chi connectivity index (χ2v) is 5.21. The van der Waals surface area contributed by atoms with Gasteiger partial charge < -0.3 is 0 Å². The molecule has 1 saturated heterocycles. The number of aryl methyl sites for hydroxylation is 1. The summed E-state index contributed by atoms with van der Waals surface area (Å²) in [6.45, 7) is 3.61. The van der Waals surface area contributed by atoms with E-state index in [0.29, 0.717) is 5.01 Å². The van der Waals surface area contributed by atoms with Crippen molar-refractivity contribution in [3.63, 3.8) is 0 Å². The summed E-state index contributed by atoms with van der Waals surface area (Å²) in [5.74, 6) is -1.85. The van der Waals surface area contributed by atoms with E-state index < -0.39 is 23.8 Å². The highest BCUT2D eigenvalue weighted by molar-refractivity contribution is 7.11. The zero-order valence-corrected chi connectivity index (χ0v) is 10.9. The number of carbonyl (C=O) groups is 3. The lowest BCUT2D eigenvalue weighted by Crippen LogP contribution is -2.56. The fourth-order valence-electron chi connectivity index (χ4n) is 1.60. The molecule has 0 radical (unpaired) electrons. The number of rotatable bonds is 3. The monoisotopic (exact) mass is 267 g/mol. The highest BCUT2D eigenvalue weighted by Crippen LogP contribution is 2.18. The van der Waals surface area contributed by atoms with E-state index in [4.69, 9.17) is 0 Å². The van der Waals surface area contributed by atoms with Gasteiger partial charge in [0.2, 0.25) is 11.8 Å². The van der Waals surface area contributed by atoms with Crippen molar-refractivity contribution >= 4 is 29.2 Å². The molecule has 0 saturated carbocycles. The molecule has 6 nitrogen and oxygen atoms in total. The standard InChI is InChI=1S/C11H13N3O3S/c1-3-7-4-12-8(18-7)5-14-10(16)6(2)9(15)13-11(14)17/h4,6H,3,5H2,1-2H3,(H,13,15,17). The molecule has 0 bridgehead atoms. The summed E-state index contributed by atoms with van der Waals surface area (Å²) in [6.07, 6.45) is 2.60. The minimum absolute atomic E-state index is 0.118. The first-order chi connectivity index (χ1) is 8.52. The van der Waals surface area contributed by atoms with Crippen LogP contribution in [0, 0.1) is 5.92 Å². The maximum Gasteiger partial charge on any atom is 0.331 e. The zero-order valence-electron chi connectivity index (χ0n) is 10.1. The Labute approximate surface area is 108 Å². The van der Waals surface area contributed by atoms with E-state index in [1.54, 1.807) is 6.20 Å². The first kappa shape index (κ1) is 12.7. The summed E-state index contributed by atoms with van der Waals surface area (Å²) < 4.78 is 0. The van der Waals surface area contributed by atoms with Gasteiger partial charge in [-0.2, -0.15) is 0 Å². The van der Waals surface area contributed by atoms with Crippen LogP contribution < -0.4 is 5.32 Å². The lowest BCUT2D eigenvalue weighted by atomic mass is 10.1. The first-order valence-electron chi connectivity index (χ1n) is 5.62. The number of hydrogen-bond acceptors (Lipinski definition) is 5. The Kier molecular flexibility index (Phi) is 3.42. The minimum atomic E-state index is -0.826. The third-order valence-electron chi connectivity index (χ3n) is 2.75. The van der Waals surface area contributed by atoms with E-state index in [-0.39, 0.29) is 6.54 Å². The zero-order chi connectivity index (χ0) is 13.3. The molecule has 1 N–H and O–H groups in total. The smallest absolute Gasteiger partial charge is 0.277 e. The Morgan fingerprint density at radius 2 is 2.17 bits per heavy atom. The Balaban J connectivity index is 2.14. The molecule has 1 unspecified atom stereocenters. The van der Waals surface area contributed by atoms with Crippen LogP contribution in [0.2, 0.25) is 0 Å². The highest BCUT2D eigenvalue weighted by atomic mass is 32.1. The van der Waals surface area contributed by atoms with E-state index in [0.717, 1.165) is 16.2 Å². The van der Waals surface area contributed by atoms with Crippen LogP contribution in [0.4, 0.5) is 4.79 Å². The van der Waals surface area contributed by atoms with Crippen LogP contribution in [0.3, 0.4) is 0 Å². The van der Waals surface area contributed by atoms with Gasteiger partial charge in [0.15, 0.2) is 0 Å². The number of thiazole rings is 1. The quantitative estimate of drug-likeness (QED) is 0.826. The molecule has 0 aromatic carbocycles. The van der Waals surface area contributed by atoms with Gasteiger partial charge in [-0.25, -0.2) is 9.78 Å². The van der Waals surface area contributed by atoms with Crippen LogP contribution in [0.25, 0.3) is 0 Å². The molecular formula is C11H13N3O3S. The topological polar surface area (TPSA) is 79.4 Å². The maximum atomic E-state index is 11.8. The van der Waals surface area contributed by atoms with Crippen LogP contribution in [0.1, 0.15) is 23.7 Å². The number of urea groups is 1. The molecule has 0 spiro atoms. The maximum absolute atomic E-state index is 11.8. The third-order valence-corrected chi connectivity index (χ3v) is 3.87. The third kappa shape index (κ3) is 2.26. The summed E-state index contributed by atoms with van der Waals surface area (Å²) in [6, 6.07) is -0.670. The normalized spacial score (nSPS) is 20.2. The average Bonchev–Trinajstić information content (AvgIpc) is 2.80. The summed E-state index contributed by atoms with van der Waals surface area (Å²) in [4.78, 5) is 41.0. The number of nitrogens with zero attached hydrogens (tertiary/aromatic N) is 2. The molecular weight excluding hydrogens is 254 g/mol. The van der Waals surface area contributed by atoms with Crippen LogP contribution in [0.15, 0.2) is 6.20 Å². The van der Waals surface area contributed by atoms with Crippen molar-refractivity contribution < 1.29 is 14.4 Å². The van der Waals surface area contributed by atoms with E-state index in [2.05, 4.69) is 10.3 Å².